The van der Waals surface area contributed by atoms with E-state index in [1.165, 1.54) is 38.5 Å². The van der Waals surface area contributed by atoms with Crippen molar-refractivity contribution < 1.29 is 0 Å². The van der Waals surface area contributed by atoms with Crippen LogP contribution < -0.4 is 0 Å². The predicted octanol–water partition coefficient (Wildman–Crippen LogP) is 6.79. The van der Waals surface area contributed by atoms with Gasteiger partial charge in [0.1, 0.15) is 0 Å². The molecule has 0 amide bonds. The molecule has 0 nitrogen and oxygen atoms in total. The highest BCUT2D eigenvalue weighted by Crippen LogP contribution is 2.40. The van der Waals surface area contributed by atoms with Gasteiger partial charge in [-0.3, -0.25) is 0 Å². The van der Waals surface area contributed by atoms with Crippen molar-refractivity contribution in [3.05, 3.63) is 0 Å². The van der Waals surface area contributed by atoms with Crippen LogP contribution in [-0.2, 0) is 0 Å². The van der Waals surface area contributed by atoms with Crippen molar-refractivity contribution in [2.24, 2.45) is 41.4 Å². The fourth-order valence-electron chi connectivity index (χ4n) is 4.32. The van der Waals surface area contributed by atoms with Crippen LogP contribution in [0.4, 0.5) is 0 Å². The average molecular weight is 281 g/mol. The summed E-state index contributed by atoms with van der Waals surface area (Å²) < 4.78 is 0. The summed E-state index contributed by atoms with van der Waals surface area (Å²) >= 11 is 0. The smallest absolute Gasteiger partial charge is 0.0389 e. The molecule has 0 bridgehead atoms. The summed E-state index contributed by atoms with van der Waals surface area (Å²) in [6.45, 7) is 16.6. The summed E-state index contributed by atoms with van der Waals surface area (Å²) in [6.07, 6.45) is 8.85. The Kier molecular flexibility index (Phi) is 7.62. The zero-order valence-electron chi connectivity index (χ0n) is 15.3. The maximum atomic E-state index is 2.39. The average Bonchev–Trinajstić information content (AvgIpc) is 2.66. The largest absolute Gasteiger partial charge is 0.0651 e. The van der Waals surface area contributed by atoms with Gasteiger partial charge in [0.2, 0.25) is 0 Å². The van der Waals surface area contributed by atoms with Crippen LogP contribution in [0.5, 0.6) is 0 Å². The summed E-state index contributed by atoms with van der Waals surface area (Å²) in [6, 6.07) is 0. The van der Waals surface area contributed by atoms with Crippen LogP contribution in [0.3, 0.4) is 0 Å². The van der Waals surface area contributed by atoms with Crippen molar-refractivity contribution in [3.63, 3.8) is 0 Å². The van der Waals surface area contributed by atoms with Gasteiger partial charge in [0.05, 0.1) is 0 Å². The van der Waals surface area contributed by atoms with E-state index in [0.29, 0.717) is 0 Å². The molecule has 0 saturated heterocycles. The number of hydrogen-bond acceptors (Lipinski definition) is 0. The van der Waals surface area contributed by atoms with Crippen LogP contribution in [0.15, 0.2) is 0 Å². The van der Waals surface area contributed by atoms with Gasteiger partial charge in [-0.2, -0.15) is 0 Å². The van der Waals surface area contributed by atoms with E-state index >= 15 is 0 Å². The molecule has 0 aromatic rings. The van der Waals surface area contributed by atoms with E-state index in [9.17, 15) is 0 Å². The van der Waals surface area contributed by atoms with Crippen LogP contribution in [-0.4, -0.2) is 0 Å². The normalized spacial score (nSPS) is 41.4. The molecule has 4 atom stereocenters. The molecule has 0 spiro atoms. The lowest BCUT2D eigenvalue weighted by Gasteiger charge is -2.30. The Morgan fingerprint density at radius 1 is 0.800 bits per heavy atom. The summed E-state index contributed by atoms with van der Waals surface area (Å²) in [4.78, 5) is 0. The van der Waals surface area contributed by atoms with Gasteiger partial charge in [0.25, 0.3) is 0 Å². The number of hydrogen-bond donors (Lipinski definition) is 0. The topological polar surface area (TPSA) is 0 Å². The minimum atomic E-state index is 0.924. The van der Waals surface area contributed by atoms with Crippen LogP contribution in [0.25, 0.3) is 0 Å². The fraction of sp³-hybridized carbons (Fsp3) is 1.00. The lowest BCUT2D eigenvalue weighted by atomic mass is 9.76. The van der Waals surface area contributed by atoms with E-state index in [0.717, 1.165) is 41.4 Å². The first-order valence-corrected chi connectivity index (χ1v) is 9.36. The molecule has 0 radical (unpaired) electrons. The van der Waals surface area contributed by atoms with Gasteiger partial charge in [0, 0.05) is 0 Å². The first-order chi connectivity index (χ1) is 9.36. The van der Waals surface area contributed by atoms with Gasteiger partial charge in [-0.25, -0.2) is 0 Å². The minimum absolute atomic E-state index is 0.924. The molecule has 0 aromatic heterocycles. The molecule has 0 N–H and O–H groups in total. The quantitative estimate of drug-likeness (QED) is 0.522. The molecular weight excluding hydrogens is 240 g/mol. The molecule has 0 aromatic carbocycles. The zero-order valence-corrected chi connectivity index (χ0v) is 15.3. The summed E-state index contributed by atoms with van der Waals surface area (Å²) in [5.74, 6) is 6.88. The standard InChI is InChI=1S/C11H22.C9H18/c1-4-10-5-7-11(8-6-10)9(2)3;1-6-5-7(2)9(4)8(6)3/h9-11H,4-8H2,1-3H3;6-9H,5H2,1-4H3. The first kappa shape index (κ1) is 18.1. The summed E-state index contributed by atoms with van der Waals surface area (Å²) in [7, 11) is 0. The molecule has 2 fully saturated rings. The monoisotopic (exact) mass is 280 g/mol. The lowest BCUT2D eigenvalue weighted by molar-refractivity contribution is 0.221. The van der Waals surface area contributed by atoms with Gasteiger partial charge < -0.3 is 0 Å². The molecule has 2 saturated carbocycles. The number of rotatable bonds is 2. The zero-order chi connectivity index (χ0) is 15.3. The second-order valence-corrected chi connectivity index (χ2v) is 8.34. The molecule has 4 unspecified atom stereocenters. The minimum Gasteiger partial charge on any atom is -0.0651 e. The van der Waals surface area contributed by atoms with Gasteiger partial charge in [-0.1, -0.05) is 67.7 Å². The third-order valence-corrected chi connectivity index (χ3v) is 6.78. The van der Waals surface area contributed by atoms with Crippen molar-refractivity contribution in [1.29, 1.82) is 0 Å². The van der Waals surface area contributed by atoms with Crippen LogP contribution in [0, 0.1) is 41.4 Å². The molecule has 0 heterocycles. The molecule has 20 heavy (non-hydrogen) atoms. The molecule has 0 heteroatoms. The van der Waals surface area contributed by atoms with Crippen molar-refractivity contribution in [2.75, 3.05) is 0 Å². The molecule has 120 valence electrons. The van der Waals surface area contributed by atoms with Crippen molar-refractivity contribution >= 4 is 0 Å². The Balaban J connectivity index is 0.000000204. The van der Waals surface area contributed by atoms with Gasteiger partial charge in [0.15, 0.2) is 0 Å². The highest BCUT2D eigenvalue weighted by molar-refractivity contribution is 4.81. The maximum Gasteiger partial charge on any atom is -0.0389 e. The third-order valence-electron chi connectivity index (χ3n) is 6.78. The molecular formula is C20H40. The Labute approximate surface area is 129 Å². The van der Waals surface area contributed by atoms with Crippen molar-refractivity contribution in [3.8, 4) is 0 Å². The van der Waals surface area contributed by atoms with E-state index in [2.05, 4.69) is 48.5 Å². The Bertz CT molecular complexity index is 235. The highest BCUT2D eigenvalue weighted by atomic mass is 14.4. The van der Waals surface area contributed by atoms with Crippen LogP contribution >= 0.6 is 0 Å². The predicted molar refractivity (Wildman–Crippen MR) is 91.9 cm³/mol. The van der Waals surface area contributed by atoms with E-state index in [4.69, 9.17) is 0 Å². The van der Waals surface area contributed by atoms with Crippen LogP contribution in [0.1, 0.15) is 87.0 Å². The van der Waals surface area contributed by atoms with E-state index < -0.39 is 0 Å². The first-order valence-electron chi connectivity index (χ1n) is 9.36. The van der Waals surface area contributed by atoms with Crippen molar-refractivity contribution in [1.82, 2.24) is 0 Å². The van der Waals surface area contributed by atoms with E-state index in [1.54, 1.807) is 0 Å². The van der Waals surface area contributed by atoms with Crippen molar-refractivity contribution in [2.45, 2.75) is 87.0 Å². The SMILES string of the molecule is CC1CC(C)C(C)C1C.CCC1CCC(C(C)C)CC1. The Hall–Kier alpha value is 0. The van der Waals surface area contributed by atoms with E-state index in [1.807, 2.05) is 0 Å². The van der Waals surface area contributed by atoms with Gasteiger partial charge >= 0.3 is 0 Å². The van der Waals surface area contributed by atoms with Crippen LogP contribution in [0.2, 0.25) is 0 Å². The molecule has 2 rings (SSSR count). The second kappa shape index (κ2) is 8.44. The highest BCUT2D eigenvalue weighted by Gasteiger charge is 2.31. The van der Waals surface area contributed by atoms with Gasteiger partial charge in [-0.05, 0) is 60.7 Å². The second-order valence-electron chi connectivity index (χ2n) is 8.34. The Morgan fingerprint density at radius 2 is 1.25 bits per heavy atom. The fourth-order valence-corrected chi connectivity index (χ4v) is 4.32. The summed E-state index contributed by atoms with van der Waals surface area (Å²) in [5.41, 5.74) is 0. The Morgan fingerprint density at radius 3 is 1.50 bits per heavy atom. The molecule has 2 aliphatic carbocycles. The van der Waals surface area contributed by atoms with Gasteiger partial charge in [-0.15, -0.1) is 0 Å². The molecule has 0 aliphatic heterocycles. The lowest BCUT2D eigenvalue weighted by Crippen LogP contribution is -2.17. The van der Waals surface area contributed by atoms with E-state index in [-0.39, 0.29) is 0 Å². The molecule has 2 aliphatic rings. The third kappa shape index (κ3) is 5.08. The summed E-state index contributed by atoms with van der Waals surface area (Å²) in [5, 5.41) is 0. The maximum absolute atomic E-state index is 2.39.